The minimum atomic E-state index is -0.779. The van der Waals surface area contributed by atoms with Crippen molar-refractivity contribution in [1.82, 2.24) is 0 Å². The topological polar surface area (TPSA) is 78.9 Å². The van der Waals surface area contributed by atoms with Crippen molar-refractivity contribution in [2.24, 2.45) is 0 Å². The average Bonchev–Trinajstić information content (AvgIpc) is 3.27. The van der Waals surface area contributed by atoms with Gasteiger partial charge in [0.25, 0.3) is 0 Å². The Morgan fingerprint density at radius 3 is 0.984 bits per heavy atom. The summed E-state index contributed by atoms with van der Waals surface area (Å²) < 4.78 is 16.8. The summed E-state index contributed by atoms with van der Waals surface area (Å²) in [6, 6.07) is 0. The summed E-state index contributed by atoms with van der Waals surface area (Å²) in [6.07, 6.45) is 60.9. The van der Waals surface area contributed by atoms with Gasteiger partial charge in [-0.15, -0.1) is 0 Å². The summed E-state index contributed by atoms with van der Waals surface area (Å²) in [5.41, 5.74) is 0. The Balaban J connectivity index is 4.37. The van der Waals surface area contributed by atoms with Crippen LogP contribution < -0.4 is 0 Å². The van der Waals surface area contributed by atoms with Crippen molar-refractivity contribution in [3.05, 3.63) is 48.6 Å². The Labute approximate surface area is 384 Å². The highest BCUT2D eigenvalue weighted by Crippen LogP contribution is 2.15. The molecule has 6 heteroatoms. The summed E-state index contributed by atoms with van der Waals surface area (Å²) >= 11 is 0. The molecule has 0 bridgehead atoms. The van der Waals surface area contributed by atoms with Crippen molar-refractivity contribution in [3.63, 3.8) is 0 Å². The van der Waals surface area contributed by atoms with E-state index < -0.39 is 6.10 Å². The van der Waals surface area contributed by atoms with Crippen LogP contribution in [0.3, 0.4) is 0 Å². The predicted octanol–water partition coefficient (Wildman–Crippen LogP) is 17.5. The number of hydrogen-bond acceptors (Lipinski definition) is 6. The van der Waals surface area contributed by atoms with Crippen LogP contribution in [0.5, 0.6) is 0 Å². The number of rotatable bonds is 48. The number of allylic oxidation sites excluding steroid dienone is 8. The van der Waals surface area contributed by atoms with E-state index >= 15 is 0 Å². The van der Waals surface area contributed by atoms with Crippen LogP contribution in [-0.4, -0.2) is 37.2 Å². The fraction of sp³-hybridized carbons (Fsp3) is 0.804. The highest BCUT2D eigenvalue weighted by atomic mass is 16.6. The van der Waals surface area contributed by atoms with Gasteiger partial charge in [-0.3, -0.25) is 14.4 Å². The van der Waals surface area contributed by atoms with Crippen molar-refractivity contribution < 1.29 is 28.6 Å². The Hall–Kier alpha value is -2.63. The second-order valence-corrected chi connectivity index (χ2v) is 17.8. The molecule has 62 heavy (non-hydrogen) atoms. The van der Waals surface area contributed by atoms with Gasteiger partial charge in [0.2, 0.25) is 0 Å². The van der Waals surface area contributed by atoms with Gasteiger partial charge in [0.1, 0.15) is 13.2 Å². The van der Waals surface area contributed by atoms with Crippen LogP contribution in [0.2, 0.25) is 0 Å². The van der Waals surface area contributed by atoms with E-state index in [-0.39, 0.29) is 31.1 Å². The second kappa shape index (κ2) is 51.0. The zero-order valence-corrected chi connectivity index (χ0v) is 41.1. The molecule has 0 radical (unpaired) electrons. The molecule has 6 nitrogen and oxygen atoms in total. The van der Waals surface area contributed by atoms with Crippen LogP contribution in [0, 0.1) is 0 Å². The standard InChI is InChI=1S/C56H100O6/c1-4-7-10-13-16-19-22-25-27-28-29-32-34-37-40-43-46-49-55(58)61-52-53(51-60-54(57)48-45-42-39-36-33-30-24-21-18-15-12-9-6-3)62-56(59)50-47-44-41-38-35-31-26-23-20-17-14-11-8-5-2/h12,15-16,19,21,24-25,27,53H,4-11,13-14,17-18,20,22-23,26,28-52H2,1-3H3/b15-12-,19-16-,24-21-,27-25-. The van der Waals surface area contributed by atoms with E-state index in [1.165, 1.54) is 135 Å². The third-order valence-corrected chi connectivity index (χ3v) is 11.5. The third-order valence-electron chi connectivity index (χ3n) is 11.5. The lowest BCUT2D eigenvalue weighted by molar-refractivity contribution is -0.167. The molecule has 0 aliphatic carbocycles. The molecule has 0 fully saturated rings. The van der Waals surface area contributed by atoms with Crippen LogP contribution in [0.1, 0.15) is 271 Å². The summed E-state index contributed by atoms with van der Waals surface area (Å²) in [7, 11) is 0. The summed E-state index contributed by atoms with van der Waals surface area (Å²) in [5, 5.41) is 0. The SMILES string of the molecule is CCC/C=C\C/C=C\CCCCCCCC(=O)OCC(COC(=O)CCCCCCCCC/C=C\C/C=C\CCCCC)OC(=O)CCCCCCCCCCCCCCCC. The number of unbranched alkanes of at least 4 members (excludes halogenated alkanes) is 29. The van der Waals surface area contributed by atoms with Crippen LogP contribution in [0.4, 0.5) is 0 Å². The fourth-order valence-corrected chi connectivity index (χ4v) is 7.51. The number of esters is 3. The smallest absolute Gasteiger partial charge is 0.306 e. The molecule has 0 aromatic carbocycles. The van der Waals surface area contributed by atoms with Gasteiger partial charge in [0.15, 0.2) is 6.10 Å². The zero-order chi connectivity index (χ0) is 45.1. The molecule has 0 saturated heterocycles. The van der Waals surface area contributed by atoms with E-state index in [1.807, 2.05) is 0 Å². The number of carbonyl (C=O) groups excluding carboxylic acids is 3. The third kappa shape index (κ3) is 48.4. The lowest BCUT2D eigenvalue weighted by atomic mass is 10.0. The van der Waals surface area contributed by atoms with Gasteiger partial charge in [-0.2, -0.15) is 0 Å². The zero-order valence-electron chi connectivity index (χ0n) is 41.1. The molecule has 0 saturated carbocycles. The van der Waals surface area contributed by atoms with E-state index in [0.29, 0.717) is 19.3 Å². The highest BCUT2D eigenvalue weighted by Gasteiger charge is 2.19. The molecule has 0 aliphatic rings. The van der Waals surface area contributed by atoms with Crippen molar-refractivity contribution >= 4 is 17.9 Å². The molecular formula is C56H100O6. The quantitative estimate of drug-likeness (QED) is 0.0262. The van der Waals surface area contributed by atoms with Crippen molar-refractivity contribution in [1.29, 1.82) is 0 Å². The van der Waals surface area contributed by atoms with Crippen LogP contribution in [0.25, 0.3) is 0 Å². The molecule has 0 aromatic heterocycles. The summed E-state index contributed by atoms with van der Waals surface area (Å²) in [6.45, 7) is 6.55. The van der Waals surface area contributed by atoms with Gasteiger partial charge >= 0.3 is 17.9 Å². The molecule has 360 valence electrons. The maximum atomic E-state index is 12.8. The predicted molar refractivity (Wildman–Crippen MR) is 265 cm³/mol. The van der Waals surface area contributed by atoms with Gasteiger partial charge in [0.05, 0.1) is 0 Å². The van der Waals surface area contributed by atoms with E-state index in [2.05, 4.69) is 69.4 Å². The summed E-state index contributed by atoms with van der Waals surface area (Å²) in [5.74, 6) is -0.891. The minimum absolute atomic E-state index is 0.0796. The number of carbonyl (C=O) groups is 3. The summed E-state index contributed by atoms with van der Waals surface area (Å²) in [4.78, 5) is 38.0. The fourth-order valence-electron chi connectivity index (χ4n) is 7.51. The van der Waals surface area contributed by atoms with Gasteiger partial charge in [-0.1, -0.05) is 223 Å². The first-order valence-corrected chi connectivity index (χ1v) is 26.6. The molecule has 0 aliphatic heterocycles. The van der Waals surface area contributed by atoms with Crippen molar-refractivity contribution in [3.8, 4) is 0 Å². The van der Waals surface area contributed by atoms with Crippen LogP contribution >= 0.6 is 0 Å². The lowest BCUT2D eigenvalue weighted by Gasteiger charge is -2.18. The molecule has 0 N–H and O–H groups in total. The lowest BCUT2D eigenvalue weighted by Crippen LogP contribution is -2.30. The largest absolute Gasteiger partial charge is 0.462 e. The van der Waals surface area contributed by atoms with E-state index in [9.17, 15) is 14.4 Å². The van der Waals surface area contributed by atoms with E-state index in [0.717, 1.165) is 96.3 Å². The Morgan fingerprint density at radius 1 is 0.323 bits per heavy atom. The van der Waals surface area contributed by atoms with Crippen LogP contribution in [0.15, 0.2) is 48.6 Å². The van der Waals surface area contributed by atoms with Crippen LogP contribution in [-0.2, 0) is 28.6 Å². The molecule has 0 aromatic rings. The number of ether oxygens (including phenoxy) is 3. The minimum Gasteiger partial charge on any atom is -0.462 e. The van der Waals surface area contributed by atoms with E-state index in [1.54, 1.807) is 0 Å². The molecule has 1 atom stereocenters. The first kappa shape index (κ1) is 59.4. The molecule has 0 rings (SSSR count). The molecular weight excluding hydrogens is 769 g/mol. The normalized spacial score (nSPS) is 12.4. The van der Waals surface area contributed by atoms with Gasteiger partial charge in [-0.05, 0) is 77.0 Å². The first-order valence-electron chi connectivity index (χ1n) is 26.6. The first-order chi connectivity index (χ1) is 30.5. The van der Waals surface area contributed by atoms with Crippen molar-refractivity contribution in [2.45, 2.75) is 277 Å². The number of hydrogen-bond donors (Lipinski definition) is 0. The molecule has 1 unspecified atom stereocenters. The molecule has 0 heterocycles. The average molecular weight is 869 g/mol. The van der Waals surface area contributed by atoms with Gasteiger partial charge < -0.3 is 14.2 Å². The Kier molecular flexibility index (Phi) is 48.8. The van der Waals surface area contributed by atoms with Gasteiger partial charge in [0, 0.05) is 19.3 Å². The Bertz CT molecular complexity index is 1090. The molecule has 0 spiro atoms. The highest BCUT2D eigenvalue weighted by molar-refractivity contribution is 5.71. The molecule has 0 amide bonds. The Morgan fingerprint density at radius 2 is 0.613 bits per heavy atom. The maximum Gasteiger partial charge on any atom is 0.306 e. The van der Waals surface area contributed by atoms with Gasteiger partial charge in [-0.25, -0.2) is 0 Å². The second-order valence-electron chi connectivity index (χ2n) is 17.8. The monoisotopic (exact) mass is 869 g/mol. The maximum absolute atomic E-state index is 12.8. The van der Waals surface area contributed by atoms with E-state index in [4.69, 9.17) is 14.2 Å². The van der Waals surface area contributed by atoms with Crippen molar-refractivity contribution in [2.75, 3.05) is 13.2 Å².